The van der Waals surface area contributed by atoms with Gasteiger partial charge in [0.25, 0.3) is 0 Å². The van der Waals surface area contributed by atoms with Crippen molar-refractivity contribution < 1.29 is 9.90 Å². The molecule has 0 fully saturated rings. The van der Waals surface area contributed by atoms with E-state index in [-0.39, 0.29) is 0 Å². The Bertz CT molecular complexity index is 563. The molecule has 0 saturated carbocycles. The van der Waals surface area contributed by atoms with Crippen LogP contribution in [-0.4, -0.2) is 24.8 Å². The molecule has 17 heavy (non-hydrogen) atoms. The molecule has 1 unspecified atom stereocenters. The van der Waals surface area contributed by atoms with E-state index < -0.39 is 12.0 Å². The number of carboxylic acids is 1. The van der Waals surface area contributed by atoms with Gasteiger partial charge in [-0.05, 0) is 0 Å². The number of hydrogen-bond acceptors (Lipinski definition) is 2. The normalized spacial score (nSPS) is 12.2. The fraction of sp³-hybridized carbons (Fsp3) is 0.154. The Labute approximate surface area is 100 Å². The summed E-state index contributed by atoms with van der Waals surface area (Å²) in [6, 6.07) is 12.8. The number of nitrogens with zero attached hydrogens (tertiary/aromatic N) is 1. The van der Waals surface area contributed by atoms with Gasteiger partial charge in [-0.1, -0.05) is 0 Å². The van der Waals surface area contributed by atoms with Crippen molar-refractivity contribution in [3.63, 3.8) is 0 Å². The van der Waals surface area contributed by atoms with Crippen molar-refractivity contribution in [2.24, 2.45) is 4.90 Å². The number of benzene rings is 2. The summed E-state index contributed by atoms with van der Waals surface area (Å²) >= 11 is 0. The standard InChI is InChI=1S/C13H11BNO2/c14-15-12(13(16)17)8-10-6-3-5-9-4-1-2-7-11(9)10/h1-7,12H,8H2,(H,16,17). The first-order valence-electron chi connectivity index (χ1n) is 5.32. The predicted octanol–water partition coefficient (Wildman–Crippen LogP) is 2.19. The molecule has 0 saturated heterocycles. The fourth-order valence-corrected chi connectivity index (χ4v) is 1.88. The first kappa shape index (κ1) is 11.5. The Morgan fingerprint density at radius 3 is 2.65 bits per heavy atom. The number of hydrogen-bond donors (Lipinski definition) is 1. The van der Waals surface area contributed by atoms with Crippen LogP contribution >= 0.6 is 0 Å². The van der Waals surface area contributed by atoms with E-state index >= 15 is 0 Å². The zero-order chi connectivity index (χ0) is 12.3. The van der Waals surface area contributed by atoms with Crippen molar-refractivity contribution in [1.29, 1.82) is 0 Å². The van der Waals surface area contributed by atoms with Crippen molar-refractivity contribution >= 4 is 24.4 Å². The third-order valence-electron chi connectivity index (χ3n) is 2.76. The fourth-order valence-electron chi connectivity index (χ4n) is 1.88. The molecule has 0 aliphatic carbocycles. The molecule has 2 aromatic carbocycles. The number of carboxylic acid groups (broad SMARTS) is 1. The second-order valence-electron chi connectivity index (χ2n) is 3.85. The molecule has 0 aliphatic heterocycles. The molecule has 83 valence electrons. The van der Waals surface area contributed by atoms with Crippen molar-refractivity contribution in [3.05, 3.63) is 48.0 Å². The van der Waals surface area contributed by atoms with Gasteiger partial charge in [-0.2, -0.15) is 0 Å². The molecule has 4 heteroatoms. The van der Waals surface area contributed by atoms with Crippen LogP contribution < -0.4 is 0 Å². The molecule has 1 N–H and O–H groups in total. The molecular weight excluding hydrogens is 213 g/mol. The van der Waals surface area contributed by atoms with Crippen molar-refractivity contribution in [2.45, 2.75) is 12.5 Å². The Kier molecular flexibility index (Phi) is 3.33. The van der Waals surface area contributed by atoms with E-state index in [9.17, 15) is 4.79 Å². The van der Waals surface area contributed by atoms with Gasteiger partial charge in [-0.25, -0.2) is 0 Å². The van der Waals surface area contributed by atoms with E-state index in [0.29, 0.717) is 6.42 Å². The predicted molar refractivity (Wildman–Crippen MR) is 67.3 cm³/mol. The Hall–Kier alpha value is -1.97. The molecule has 2 aromatic rings. The van der Waals surface area contributed by atoms with Crippen LogP contribution in [0.5, 0.6) is 0 Å². The molecule has 0 heterocycles. The van der Waals surface area contributed by atoms with Crippen LogP contribution in [0.3, 0.4) is 0 Å². The van der Waals surface area contributed by atoms with Gasteiger partial charge in [-0.3, -0.25) is 0 Å². The average molecular weight is 224 g/mol. The Balaban J connectivity index is 2.42. The van der Waals surface area contributed by atoms with Gasteiger partial charge in [0.15, 0.2) is 0 Å². The summed E-state index contributed by atoms with van der Waals surface area (Å²) in [6.45, 7) is 0. The third-order valence-corrected chi connectivity index (χ3v) is 2.76. The summed E-state index contributed by atoms with van der Waals surface area (Å²) in [5, 5.41) is 11.1. The SMILES string of the molecule is [B]=NC(Cc1cccc2ccccc12)C(=O)O. The van der Waals surface area contributed by atoms with Gasteiger partial charge in [0.05, 0.1) is 0 Å². The van der Waals surface area contributed by atoms with Gasteiger partial charge in [0.2, 0.25) is 0 Å². The maximum atomic E-state index is 10.9. The van der Waals surface area contributed by atoms with E-state index in [4.69, 9.17) is 12.7 Å². The molecule has 1 atom stereocenters. The molecule has 0 aliphatic rings. The zero-order valence-electron chi connectivity index (χ0n) is 9.21. The summed E-state index contributed by atoms with van der Waals surface area (Å²) in [5.74, 6) is -1.000. The molecule has 0 spiro atoms. The van der Waals surface area contributed by atoms with E-state index in [1.807, 2.05) is 42.5 Å². The van der Waals surface area contributed by atoms with Gasteiger partial charge in [0.1, 0.15) is 0 Å². The summed E-state index contributed by atoms with van der Waals surface area (Å²) in [5.41, 5.74) is 0.949. The number of carbonyl (C=O) groups is 1. The summed E-state index contributed by atoms with van der Waals surface area (Å²) < 4.78 is 0. The minimum atomic E-state index is -1.000. The molecule has 0 amide bonds. The maximum absolute atomic E-state index is 10.9. The first-order chi connectivity index (χ1) is 8.22. The van der Waals surface area contributed by atoms with Crippen LogP contribution in [0, 0.1) is 0 Å². The molecule has 1 radical (unpaired) electrons. The summed E-state index contributed by atoms with van der Waals surface area (Å²) in [7, 11) is 5.11. The van der Waals surface area contributed by atoms with Crippen LogP contribution in [0.4, 0.5) is 0 Å². The third kappa shape index (κ3) is 2.41. The van der Waals surface area contributed by atoms with Crippen LogP contribution in [-0.2, 0) is 11.2 Å². The van der Waals surface area contributed by atoms with E-state index in [0.717, 1.165) is 16.3 Å². The molecule has 3 nitrogen and oxygen atoms in total. The van der Waals surface area contributed by atoms with Crippen molar-refractivity contribution in [3.8, 4) is 0 Å². The number of fused-ring (bicyclic) bond motifs is 1. The topological polar surface area (TPSA) is 49.7 Å². The van der Waals surface area contributed by atoms with Crippen LogP contribution in [0.1, 0.15) is 5.56 Å². The van der Waals surface area contributed by atoms with Crippen LogP contribution in [0.25, 0.3) is 10.8 Å². The second kappa shape index (κ2) is 4.91. The van der Waals surface area contributed by atoms with Crippen molar-refractivity contribution in [1.82, 2.24) is 0 Å². The monoisotopic (exact) mass is 224 g/mol. The summed E-state index contributed by atoms with van der Waals surface area (Å²) in [4.78, 5) is 14.3. The molecular formula is C13H11BNO2. The quantitative estimate of drug-likeness (QED) is 0.809. The van der Waals surface area contributed by atoms with Crippen LogP contribution in [0.2, 0.25) is 0 Å². The van der Waals surface area contributed by atoms with E-state index in [2.05, 4.69) is 4.90 Å². The molecule has 0 bridgehead atoms. The summed E-state index contributed by atoms with van der Waals surface area (Å²) in [6.07, 6.45) is 0.313. The average Bonchev–Trinajstić information content (AvgIpc) is 2.35. The van der Waals surface area contributed by atoms with Gasteiger partial charge < -0.3 is 0 Å². The molecule has 2 rings (SSSR count). The first-order valence-corrected chi connectivity index (χ1v) is 5.32. The minimum absolute atomic E-state index is 0.313. The Morgan fingerprint density at radius 2 is 1.94 bits per heavy atom. The number of rotatable bonds is 4. The number of aliphatic carboxylic acids is 1. The Morgan fingerprint density at radius 1 is 1.24 bits per heavy atom. The van der Waals surface area contributed by atoms with E-state index in [1.54, 1.807) is 0 Å². The van der Waals surface area contributed by atoms with Gasteiger partial charge in [0, 0.05) is 0 Å². The zero-order valence-corrected chi connectivity index (χ0v) is 9.21. The van der Waals surface area contributed by atoms with Crippen molar-refractivity contribution in [2.75, 3.05) is 0 Å². The van der Waals surface area contributed by atoms with Gasteiger partial charge >= 0.3 is 99.7 Å². The molecule has 0 aromatic heterocycles. The van der Waals surface area contributed by atoms with Gasteiger partial charge in [-0.15, -0.1) is 0 Å². The van der Waals surface area contributed by atoms with Crippen LogP contribution in [0.15, 0.2) is 47.4 Å². The second-order valence-corrected chi connectivity index (χ2v) is 3.85. The van der Waals surface area contributed by atoms with E-state index in [1.165, 1.54) is 0 Å².